The van der Waals surface area contributed by atoms with Crippen molar-refractivity contribution in [3.8, 4) is 11.5 Å². The van der Waals surface area contributed by atoms with Gasteiger partial charge in [0.15, 0.2) is 11.5 Å². The van der Waals surface area contributed by atoms with Crippen LogP contribution in [0.1, 0.15) is 25.0 Å². The highest BCUT2D eigenvalue weighted by Crippen LogP contribution is 2.23. The Hall–Kier alpha value is -2.23. The third kappa shape index (κ3) is 2.85. The lowest BCUT2D eigenvalue weighted by Crippen LogP contribution is -2.30. The number of rotatable bonds is 4. The SMILES string of the molecule is O=C(NCc1ccc(-c2ccco2)o1)C1CC=CCC1. The smallest absolute Gasteiger partial charge is 0.223 e. The molecule has 1 aliphatic carbocycles. The summed E-state index contributed by atoms with van der Waals surface area (Å²) in [5, 5.41) is 2.93. The maximum atomic E-state index is 12.0. The van der Waals surface area contributed by atoms with Gasteiger partial charge in [-0.2, -0.15) is 0 Å². The first-order valence-electron chi connectivity index (χ1n) is 6.88. The van der Waals surface area contributed by atoms with Crippen LogP contribution in [-0.4, -0.2) is 5.91 Å². The third-order valence-electron chi connectivity index (χ3n) is 3.50. The predicted molar refractivity (Wildman–Crippen MR) is 74.7 cm³/mol. The normalized spacial score (nSPS) is 18.1. The molecule has 2 heterocycles. The Balaban J connectivity index is 1.56. The van der Waals surface area contributed by atoms with Crippen molar-refractivity contribution in [3.05, 3.63) is 48.4 Å². The molecule has 0 saturated carbocycles. The largest absolute Gasteiger partial charge is 0.461 e. The first-order valence-corrected chi connectivity index (χ1v) is 6.88. The summed E-state index contributed by atoms with van der Waals surface area (Å²) < 4.78 is 10.9. The molecule has 104 valence electrons. The minimum absolute atomic E-state index is 0.0968. The number of amides is 1. The molecule has 1 N–H and O–H groups in total. The van der Waals surface area contributed by atoms with E-state index in [1.54, 1.807) is 6.26 Å². The van der Waals surface area contributed by atoms with Crippen molar-refractivity contribution < 1.29 is 13.6 Å². The van der Waals surface area contributed by atoms with Gasteiger partial charge in [0.05, 0.1) is 12.8 Å². The van der Waals surface area contributed by atoms with E-state index >= 15 is 0 Å². The quantitative estimate of drug-likeness (QED) is 0.866. The zero-order chi connectivity index (χ0) is 13.8. The molecule has 2 aromatic rings. The van der Waals surface area contributed by atoms with E-state index in [2.05, 4.69) is 17.5 Å². The summed E-state index contributed by atoms with van der Waals surface area (Å²) in [6, 6.07) is 7.37. The molecular weight excluding hydrogens is 254 g/mol. The summed E-state index contributed by atoms with van der Waals surface area (Å²) in [6.07, 6.45) is 8.57. The summed E-state index contributed by atoms with van der Waals surface area (Å²) in [5.41, 5.74) is 0. The fourth-order valence-corrected chi connectivity index (χ4v) is 2.37. The van der Waals surface area contributed by atoms with Gasteiger partial charge in [0.2, 0.25) is 5.91 Å². The van der Waals surface area contributed by atoms with E-state index in [4.69, 9.17) is 8.83 Å². The maximum absolute atomic E-state index is 12.0. The van der Waals surface area contributed by atoms with E-state index in [1.165, 1.54) is 0 Å². The van der Waals surface area contributed by atoms with Crippen molar-refractivity contribution in [2.75, 3.05) is 0 Å². The molecule has 4 nitrogen and oxygen atoms in total. The van der Waals surface area contributed by atoms with Crippen molar-refractivity contribution in [2.24, 2.45) is 5.92 Å². The number of hydrogen-bond acceptors (Lipinski definition) is 3. The molecule has 1 unspecified atom stereocenters. The van der Waals surface area contributed by atoms with Crippen LogP contribution in [0.5, 0.6) is 0 Å². The fourth-order valence-electron chi connectivity index (χ4n) is 2.37. The maximum Gasteiger partial charge on any atom is 0.223 e. The molecule has 0 saturated heterocycles. The highest BCUT2D eigenvalue weighted by molar-refractivity contribution is 5.78. The Kier molecular flexibility index (Phi) is 3.72. The molecule has 0 bridgehead atoms. The van der Waals surface area contributed by atoms with Gasteiger partial charge in [0.25, 0.3) is 0 Å². The molecule has 1 amide bonds. The highest BCUT2D eigenvalue weighted by atomic mass is 16.4. The number of allylic oxidation sites excluding steroid dienone is 2. The molecule has 0 spiro atoms. The molecule has 0 fully saturated rings. The van der Waals surface area contributed by atoms with Crippen molar-refractivity contribution >= 4 is 5.91 Å². The van der Waals surface area contributed by atoms with E-state index in [1.807, 2.05) is 24.3 Å². The lowest BCUT2D eigenvalue weighted by molar-refractivity contribution is -0.125. The Morgan fingerprint density at radius 2 is 2.20 bits per heavy atom. The molecule has 4 heteroatoms. The zero-order valence-corrected chi connectivity index (χ0v) is 11.2. The topological polar surface area (TPSA) is 55.4 Å². The second-order valence-corrected chi connectivity index (χ2v) is 4.94. The van der Waals surface area contributed by atoms with Crippen LogP contribution in [0.4, 0.5) is 0 Å². The molecule has 0 radical (unpaired) electrons. The number of hydrogen-bond donors (Lipinski definition) is 1. The molecule has 0 aliphatic heterocycles. The van der Waals surface area contributed by atoms with Crippen LogP contribution < -0.4 is 5.32 Å². The van der Waals surface area contributed by atoms with Gasteiger partial charge in [-0.25, -0.2) is 0 Å². The van der Waals surface area contributed by atoms with Gasteiger partial charge in [-0.1, -0.05) is 12.2 Å². The van der Waals surface area contributed by atoms with Gasteiger partial charge >= 0.3 is 0 Å². The summed E-state index contributed by atoms with van der Waals surface area (Å²) in [5.74, 6) is 2.31. The van der Waals surface area contributed by atoms with Crippen LogP contribution in [0.3, 0.4) is 0 Å². The first kappa shape index (κ1) is 12.8. The van der Waals surface area contributed by atoms with Gasteiger partial charge in [-0.05, 0) is 43.5 Å². The summed E-state index contributed by atoms with van der Waals surface area (Å²) in [4.78, 5) is 12.0. The van der Waals surface area contributed by atoms with Crippen LogP contribution in [0, 0.1) is 5.92 Å². The first-order chi connectivity index (χ1) is 9.83. The van der Waals surface area contributed by atoms with Crippen molar-refractivity contribution in [2.45, 2.75) is 25.8 Å². The minimum atomic E-state index is 0.0968. The Labute approximate surface area is 117 Å². The second-order valence-electron chi connectivity index (χ2n) is 4.94. The average Bonchev–Trinajstić information content (AvgIpc) is 3.16. The number of nitrogens with one attached hydrogen (secondary N) is 1. The van der Waals surface area contributed by atoms with E-state index in [0.717, 1.165) is 25.0 Å². The molecule has 2 aromatic heterocycles. The molecule has 3 rings (SSSR count). The van der Waals surface area contributed by atoms with E-state index in [9.17, 15) is 4.79 Å². The lowest BCUT2D eigenvalue weighted by atomic mass is 9.94. The molecule has 20 heavy (non-hydrogen) atoms. The highest BCUT2D eigenvalue weighted by Gasteiger charge is 2.18. The van der Waals surface area contributed by atoms with Crippen LogP contribution in [0.2, 0.25) is 0 Å². The van der Waals surface area contributed by atoms with Gasteiger partial charge in [0, 0.05) is 5.92 Å². The van der Waals surface area contributed by atoms with Gasteiger partial charge in [0.1, 0.15) is 5.76 Å². The van der Waals surface area contributed by atoms with Crippen LogP contribution in [0.25, 0.3) is 11.5 Å². The molecular formula is C16H17NO3. The summed E-state index contributed by atoms with van der Waals surface area (Å²) in [7, 11) is 0. The third-order valence-corrected chi connectivity index (χ3v) is 3.50. The second kappa shape index (κ2) is 5.82. The Bertz CT molecular complexity index is 595. The summed E-state index contributed by atoms with van der Waals surface area (Å²) >= 11 is 0. The number of carbonyl (C=O) groups is 1. The molecule has 1 aliphatic rings. The molecule has 0 aromatic carbocycles. The lowest BCUT2D eigenvalue weighted by Gasteiger charge is -2.16. The van der Waals surface area contributed by atoms with Crippen LogP contribution in [-0.2, 0) is 11.3 Å². The van der Waals surface area contributed by atoms with Crippen molar-refractivity contribution in [1.29, 1.82) is 0 Å². The average molecular weight is 271 g/mol. The summed E-state index contributed by atoms with van der Waals surface area (Å²) in [6.45, 7) is 0.416. The number of carbonyl (C=O) groups excluding carboxylic acids is 1. The molecule has 1 atom stereocenters. The zero-order valence-electron chi connectivity index (χ0n) is 11.2. The van der Waals surface area contributed by atoms with Gasteiger partial charge in [-0.3, -0.25) is 4.79 Å². The Morgan fingerprint density at radius 3 is 2.95 bits per heavy atom. The van der Waals surface area contributed by atoms with Crippen LogP contribution in [0.15, 0.2) is 51.5 Å². The Morgan fingerprint density at radius 1 is 1.25 bits per heavy atom. The van der Waals surface area contributed by atoms with Crippen molar-refractivity contribution in [3.63, 3.8) is 0 Å². The van der Waals surface area contributed by atoms with Crippen LogP contribution >= 0.6 is 0 Å². The predicted octanol–water partition coefficient (Wildman–Crippen LogP) is 3.51. The van der Waals surface area contributed by atoms with E-state index in [0.29, 0.717) is 18.1 Å². The minimum Gasteiger partial charge on any atom is -0.461 e. The monoisotopic (exact) mass is 271 g/mol. The van der Waals surface area contributed by atoms with E-state index in [-0.39, 0.29) is 11.8 Å². The van der Waals surface area contributed by atoms with Gasteiger partial charge < -0.3 is 14.2 Å². The number of furan rings is 2. The van der Waals surface area contributed by atoms with Crippen molar-refractivity contribution in [1.82, 2.24) is 5.32 Å². The fraction of sp³-hybridized carbons (Fsp3) is 0.312. The van der Waals surface area contributed by atoms with Gasteiger partial charge in [-0.15, -0.1) is 0 Å². The standard InChI is InChI=1S/C16H17NO3/c18-16(12-5-2-1-3-6-12)17-11-13-8-9-15(20-13)14-7-4-10-19-14/h1-2,4,7-10,12H,3,5-6,11H2,(H,17,18). The van der Waals surface area contributed by atoms with E-state index < -0.39 is 0 Å².